The van der Waals surface area contributed by atoms with Gasteiger partial charge in [0.05, 0.1) is 11.3 Å². The molecule has 0 amide bonds. The summed E-state index contributed by atoms with van der Waals surface area (Å²) in [7, 11) is 0. The molecule has 0 aliphatic rings. The first-order valence-electron chi connectivity index (χ1n) is 5.80. The molecule has 0 bridgehead atoms. The number of aromatic carboxylic acids is 1. The van der Waals surface area contributed by atoms with Crippen molar-refractivity contribution in [2.24, 2.45) is 0 Å². The standard InChI is InChI=1S/C15H10N2O2/c18-15(19)12-9-13(10-5-2-1-3-6-10)17-14-11(12)7-4-8-16-14/h1-9H,(H,18,19). The Morgan fingerprint density at radius 2 is 1.84 bits per heavy atom. The highest BCUT2D eigenvalue weighted by atomic mass is 16.4. The third kappa shape index (κ3) is 2.04. The van der Waals surface area contributed by atoms with Gasteiger partial charge in [0.25, 0.3) is 0 Å². The normalized spacial score (nSPS) is 10.5. The summed E-state index contributed by atoms with van der Waals surface area (Å²) in [5, 5.41) is 9.85. The zero-order valence-electron chi connectivity index (χ0n) is 9.95. The molecule has 0 radical (unpaired) electrons. The van der Waals surface area contributed by atoms with E-state index >= 15 is 0 Å². The van der Waals surface area contributed by atoms with E-state index < -0.39 is 5.97 Å². The third-order valence-corrected chi connectivity index (χ3v) is 2.88. The fourth-order valence-electron chi connectivity index (χ4n) is 1.99. The molecule has 3 aromatic rings. The van der Waals surface area contributed by atoms with E-state index in [2.05, 4.69) is 9.97 Å². The van der Waals surface area contributed by atoms with E-state index in [-0.39, 0.29) is 5.56 Å². The Bertz CT molecular complexity index is 754. The fraction of sp³-hybridized carbons (Fsp3) is 0. The molecule has 19 heavy (non-hydrogen) atoms. The van der Waals surface area contributed by atoms with Crippen molar-refractivity contribution in [1.82, 2.24) is 9.97 Å². The fourth-order valence-corrected chi connectivity index (χ4v) is 1.99. The number of fused-ring (bicyclic) bond motifs is 1. The minimum Gasteiger partial charge on any atom is -0.478 e. The summed E-state index contributed by atoms with van der Waals surface area (Å²) >= 11 is 0. The van der Waals surface area contributed by atoms with Crippen LogP contribution < -0.4 is 0 Å². The van der Waals surface area contributed by atoms with Gasteiger partial charge in [-0.15, -0.1) is 0 Å². The molecule has 4 nitrogen and oxygen atoms in total. The predicted octanol–water partition coefficient (Wildman–Crippen LogP) is 3.00. The van der Waals surface area contributed by atoms with Gasteiger partial charge in [-0.25, -0.2) is 14.8 Å². The van der Waals surface area contributed by atoms with E-state index in [0.717, 1.165) is 5.56 Å². The maximum atomic E-state index is 11.3. The Kier molecular flexibility index (Phi) is 2.68. The first-order valence-corrected chi connectivity index (χ1v) is 5.80. The molecule has 0 aliphatic carbocycles. The van der Waals surface area contributed by atoms with Crippen molar-refractivity contribution in [3.05, 3.63) is 60.3 Å². The van der Waals surface area contributed by atoms with E-state index in [1.165, 1.54) is 0 Å². The van der Waals surface area contributed by atoms with E-state index in [0.29, 0.717) is 16.7 Å². The van der Waals surface area contributed by atoms with Crippen LogP contribution in [0.4, 0.5) is 0 Å². The summed E-state index contributed by atoms with van der Waals surface area (Å²) < 4.78 is 0. The number of benzene rings is 1. The van der Waals surface area contributed by atoms with Gasteiger partial charge >= 0.3 is 5.97 Å². The monoisotopic (exact) mass is 250 g/mol. The zero-order chi connectivity index (χ0) is 13.2. The maximum absolute atomic E-state index is 11.3. The average Bonchev–Trinajstić information content (AvgIpc) is 2.47. The molecule has 0 aliphatic heterocycles. The van der Waals surface area contributed by atoms with Gasteiger partial charge in [-0.1, -0.05) is 30.3 Å². The molecular formula is C15H10N2O2. The minimum absolute atomic E-state index is 0.219. The highest BCUT2D eigenvalue weighted by molar-refractivity contribution is 6.02. The number of carboxylic acids is 1. The molecule has 1 N–H and O–H groups in total. The highest BCUT2D eigenvalue weighted by Gasteiger charge is 2.12. The van der Waals surface area contributed by atoms with Gasteiger partial charge in [-0.2, -0.15) is 0 Å². The SMILES string of the molecule is O=C(O)c1cc(-c2ccccc2)nc2ncccc12. The Morgan fingerprint density at radius 1 is 1.05 bits per heavy atom. The van der Waals surface area contributed by atoms with Gasteiger partial charge in [0.2, 0.25) is 0 Å². The molecule has 0 spiro atoms. The smallest absolute Gasteiger partial charge is 0.336 e. The summed E-state index contributed by atoms with van der Waals surface area (Å²) in [4.78, 5) is 19.9. The minimum atomic E-state index is -0.974. The van der Waals surface area contributed by atoms with Crippen molar-refractivity contribution in [3.63, 3.8) is 0 Å². The van der Waals surface area contributed by atoms with Crippen LogP contribution in [0.5, 0.6) is 0 Å². The lowest BCUT2D eigenvalue weighted by atomic mass is 10.1. The van der Waals surface area contributed by atoms with Crippen molar-refractivity contribution < 1.29 is 9.90 Å². The Morgan fingerprint density at radius 3 is 2.58 bits per heavy atom. The van der Waals surface area contributed by atoms with Gasteiger partial charge in [-0.3, -0.25) is 0 Å². The number of pyridine rings is 2. The number of hydrogen-bond acceptors (Lipinski definition) is 3. The van der Waals surface area contributed by atoms with E-state index in [1.54, 1.807) is 24.4 Å². The van der Waals surface area contributed by atoms with Crippen molar-refractivity contribution in [3.8, 4) is 11.3 Å². The second kappa shape index (κ2) is 4.49. The average molecular weight is 250 g/mol. The number of carboxylic acid groups (broad SMARTS) is 1. The molecule has 3 rings (SSSR count). The molecule has 0 saturated heterocycles. The van der Waals surface area contributed by atoms with Gasteiger partial charge < -0.3 is 5.11 Å². The summed E-state index contributed by atoms with van der Waals surface area (Å²) in [5.74, 6) is -0.974. The van der Waals surface area contributed by atoms with Crippen molar-refractivity contribution >= 4 is 17.0 Å². The Labute approximate surface area is 109 Å². The lowest BCUT2D eigenvalue weighted by Gasteiger charge is -2.06. The Balaban J connectivity index is 2.31. The second-order valence-electron chi connectivity index (χ2n) is 4.10. The van der Waals surface area contributed by atoms with E-state index in [9.17, 15) is 9.90 Å². The largest absolute Gasteiger partial charge is 0.478 e. The quantitative estimate of drug-likeness (QED) is 0.759. The summed E-state index contributed by atoms with van der Waals surface area (Å²) in [6, 6.07) is 14.5. The van der Waals surface area contributed by atoms with Crippen LogP contribution in [-0.4, -0.2) is 21.0 Å². The molecule has 2 heterocycles. The molecule has 4 heteroatoms. The van der Waals surface area contributed by atoms with E-state index in [1.807, 2.05) is 30.3 Å². The molecular weight excluding hydrogens is 240 g/mol. The van der Waals surface area contributed by atoms with E-state index in [4.69, 9.17) is 0 Å². The molecule has 1 aromatic carbocycles. The predicted molar refractivity (Wildman–Crippen MR) is 71.9 cm³/mol. The Hall–Kier alpha value is -2.75. The molecule has 0 atom stereocenters. The van der Waals surface area contributed by atoms with Crippen LogP contribution in [0.3, 0.4) is 0 Å². The number of aromatic nitrogens is 2. The first-order chi connectivity index (χ1) is 9.25. The van der Waals surface area contributed by atoms with Crippen LogP contribution in [0.2, 0.25) is 0 Å². The summed E-state index contributed by atoms with van der Waals surface area (Å²) in [5.41, 5.74) is 2.15. The first kappa shape index (κ1) is 11.3. The summed E-state index contributed by atoms with van der Waals surface area (Å²) in [6.07, 6.45) is 1.61. The van der Waals surface area contributed by atoms with Crippen LogP contribution in [-0.2, 0) is 0 Å². The second-order valence-corrected chi connectivity index (χ2v) is 4.10. The van der Waals surface area contributed by atoms with Crippen molar-refractivity contribution in [2.45, 2.75) is 0 Å². The number of hydrogen-bond donors (Lipinski definition) is 1. The molecule has 2 aromatic heterocycles. The third-order valence-electron chi connectivity index (χ3n) is 2.88. The van der Waals surface area contributed by atoms with Gasteiger partial charge in [0.1, 0.15) is 0 Å². The van der Waals surface area contributed by atoms with Gasteiger partial charge in [-0.05, 0) is 18.2 Å². The lowest BCUT2D eigenvalue weighted by Crippen LogP contribution is -2.01. The summed E-state index contributed by atoms with van der Waals surface area (Å²) in [6.45, 7) is 0. The van der Waals surface area contributed by atoms with Gasteiger partial charge in [0.15, 0.2) is 5.65 Å². The zero-order valence-corrected chi connectivity index (χ0v) is 9.95. The van der Waals surface area contributed by atoms with Crippen molar-refractivity contribution in [1.29, 1.82) is 0 Å². The van der Waals surface area contributed by atoms with Crippen LogP contribution in [0.25, 0.3) is 22.3 Å². The molecule has 0 saturated carbocycles. The number of rotatable bonds is 2. The number of carbonyl (C=O) groups is 1. The van der Waals surface area contributed by atoms with Gasteiger partial charge in [0, 0.05) is 17.1 Å². The molecule has 0 unspecified atom stereocenters. The topological polar surface area (TPSA) is 63.1 Å². The lowest BCUT2D eigenvalue weighted by molar-refractivity contribution is 0.0699. The van der Waals surface area contributed by atoms with Crippen LogP contribution in [0.1, 0.15) is 10.4 Å². The number of nitrogens with zero attached hydrogens (tertiary/aromatic N) is 2. The highest BCUT2D eigenvalue weighted by Crippen LogP contribution is 2.23. The van der Waals surface area contributed by atoms with Crippen LogP contribution in [0, 0.1) is 0 Å². The molecule has 0 fully saturated rings. The molecule has 92 valence electrons. The van der Waals surface area contributed by atoms with Crippen LogP contribution in [0.15, 0.2) is 54.7 Å². The maximum Gasteiger partial charge on any atom is 0.336 e. The van der Waals surface area contributed by atoms with Crippen molar-refractivity contribution in [2.75, 3.05) is 0 Å². The van der Waals surface area contributed by atoms with Crippen LogP contribution >= 0.6 is 0 Å².